The van der Waals surface area contributed by atoms with Gasteiger partial charge in [0.15, 0.2) is 0 Å². The van der Waals surface area contributed by atoms with Gasteiger partial charge in [0.05, 0.1) is 12.8 Å². The fraction of sp³-hybridized carbons (Fsp3) is 0.667. The quantitative estimate of drug-likeness (QED) is 0.391. The standard InChI is InChI=1S/C6H10O5S2/c7-3(8)1-5(12)11-6(13)2-4(9)10/h5-6,12-13H,1-2H2,(H,7,8)(H,9,10). The fourth-order valence-electron chi connectivity index (χ4n) is 0.576. The molecular weight excluding hydrogens is 216 g/mol. The molecule has 76 valence electrons. The molecule has 0 saturated heterocycles. The van der Waals surface area contributed by atoms with Crippen LogP contribution in [0.25, 0.3) is 0 Å². The lowest BCUT2D eigenvalue weighted by molar-refractivity contribution is -0.140. The van der Waals surface area contributed by atoms with Crippen molar-refractivity contribution in [3.05, 3.63) is 0 Å². The lowest BCUT2D eigenvalue weighted by Crippen LogP contribution is -2.19. The Labute approximate surface area is 85.9 Å². The second-order valence-electron chi connectivity index (χ2n) is 2.24. The lowest BCUT2D eigenvalue weighted by atomic mass is 10.4. The van der Waals surface area contributed by atoms with Crippen LogP contribution in [0.4, 0.5) is 0 Å². The monoisotopic (exact) mass is 226 g/mol. The van der Waals surface area contributed by atoms with Crippen molar-refractivity contribution in [2.45, 2.75) is 23.7 Å². The lowest BCUT2D eigenvalue weighted by Gasteiger charge is -2.14. The molecule has 2 unspecified atom stereocenters. The highest BCUT2D eigenvalue weighted by Gasteiger charge is 2.15. The van der Waals surface area contributed by atoms with Gasteiger partial charge in [-0.3, -0.25) is 9.59 Å². The van der Waals surface area contributed by atoms with Crippen LogP contribution in [0.1, 0.15) is 12.8 Å². The topological polar surface area (TPSA) is 83.8 Å². The number of thiol groups is 2. The van der Waals surface area contributed by atoms with Gasteiger partial charge >= 0.3 is 11.9 Å². The van der Waals surface area contributed by atoms with Crippen molar-refractivity contribution >= 4 is 37.2 Å². The predicted molar refractivity (Wildman–Crippen MR) is 51.1 cm³/mol. The third-order valence-corrected chi connectivity index (χ3v) is 1.62. The molecule has 0 aliphatic rings. The largest absolute Gasteiger partial charge is 0.481 e. The highest BCUT2D eigenvalue weighted by Crippen LogP contribution is 2.12. The molecular formula is C6H10O5S2. The molecule has 0 rings (SSSR count). The van der Waals surface area contributed by atoms with Crippen molar-refractivity contribution in [3.8, 4) is 0 Å². The molecule has 0 radical (unpaired) electrons. The summed E-state index contributed by atoms with van der Waals surface area (Å²) in [5.41, 5.74) is -1.67. The molecule has 0 aliphatic heterocycles. The van der Waals surface area contributed by atoms with Crippen molar-refractivity contribution in [3.63, 3.8) is 0 Å². The molecule has 2 N–H and O–H groups in total. The second kappa shape index (κ2) is 6.11. The van der Waals surface area contributed by atoms with E-state index in [1.807, 2.05) is 0 Å². The van der Waals surface area contributed by atoms with E-state index in [4.69, 9.17) is 14.9 Å². The van der Waals surface area contributed by atoms with Crippen LogP contribution in [-0.4, -0.2) is 33.0 Å². The van der Waals surface area contributed by atoms with Crippen molar-refractivity contribution in [2.24, 2.45) is 0 Å². The van der Waals surface area contributed by atoms with E-state index in [1.54, 1.807) is 0 Å². The van der Waals surface area contributed by atoms with E-state index in [9.17, 15) is 9.59 Å². The Morgan fingerprint density at radius 2 is 1.38 bits per heavy atom. The van der Waals surface area contributed by atoms with E-state index < -0.39 is 22.8 Å². The summed E-state index contributed by atoms with van der Waals surface area (Å²) in [7, 11) is 0. The summed E-state index contributed by atoms with van der Waals surface area (Å²) in [5.74, 6) is -2.12. The minimum atomic E-state index is -1.06. The maximum absolute atomic E-state index is 10.1. The summed E-state index contributed by atoms with van der Waals surface area (Å²) in [6.07, 6.45) is -0.584. The van der Waals surface area contributed by atoms with Crippen LogP contribution < -0.4 is 0 Å². The Bertz CT molecular complexity index is 175. The highest BCUT2D eigenvalue weighted by atomic mass is 32.1. The van der Waals surface area contributed by atoms with E-state index in [0.29, 0.717) is 0 Å². The molecule has 0 aromatic carbocycles. The molecule has 0 heterocycles. The number of hydrogen-bond donors (Lipinski definition) is 4. The van der Waals surface area contributed by atoms with E-state index in [-0.39, 0.29) is 12.8 Å². The Hall–Kier alpha value is -0.400. The van der Waals surface area contributed by atoms with Crippen LogP contribution >= 0.6 is 25.3 Å². The summed E-state index contributed by atoms with van der Waals surface area (Å²) >= 11 is 7.57. The molecule has 0 aliphatic carbocycles. The van der Waals surface area contributed by atoms with Gasteiger partial charge < -0.3 is 14.9 Å². The third kappa shape index (κ3) is 7.94. The first-order valence-corrected chi connectivity index (χ1v) is 4.40. The van der Waals surface area contributed by atoms with Gasteiger partial charge in [-0.15, -0.1) is 25.3 Å². The highest BCUT2D eigenvalue weighted by molar-refractivity contribution is 7.81. The number of aliphatic carboxylic acids is 2. The van der Waals surface area contributed by atoms with Gasteiger partial charge in [0.25, 0.3) is 0 Å². The van der Waals surface area contributed by atoms with Crippen LogP contribution in [0.15, 0.2) is 0 Å². The van der Waals surface area contributed by atoms with Crippen LogP contribution in [0.3, 0.4) is 0 Å². The average Bonchev–Trinajstić information content (AvgIpc) is 1.80. The van der Waals surface area contributed by atoms with Crippen molar-refractivity contribution in [2.75, 3.05) is 0 Å². The number of rotatable bonds is 6. The zero-order chi connectivity index (χ0) is 10.4. The summed E-state index contributed by atoms with van der Waals surface area (Å²) in [6.45, 7) is 0. The molecule has 0 aromatic heterocycles. The maximum Gasteiger partial charge on any atom is 0.306 e. The zero-order valence-electron chi connectivity index (χ0n) is 6.58. The van der Waals surface area contributed by atoms with Gasteiger partial charge in [0, 0.05) is 0 Å². The maximum atomic E-state index is 10.1. The smallest absolute Gasteiger partial charge is 0.306 e. The van der Waals surface area contributed by atoms with Crippen molar-refractivity contribution < 1.29 is 24.5 Å². The minimum absolute atomic E-state index is 0.292. The molecule has 0 amide bonds. The van der Waals surface area contributed by atoms with E-state index >= 15 is 0 Å². The number of carboxylic acids is 2. The number of hydrogen-bond acceptors (Lipinski definition) is 5. The molecule has 13 heavy (non-hydrogen) atoms. The number of carboxylic acid groups (broad SMARTS) is 2. The molecule has 0 fully saturated rings. The Kier molecular flexibility index (Phi) is 5.93. The zero-order valence-corrected chi connectivity index (χ0v) is 8.37. The summed E-state index contributed by atoms with van der Waals surface area (Å²) < 4.78 is 4.84. The van der Waals surface area contributed by atoms with Gasteiger partial charge in [-0.05, 0) is 0 Å². The summed E-state index contributed by atoms with van der Waals surface area (Å²) in [6, 6.07) is 0. The first-order chi connectivity index (χ1) is 5.91. The van der Waals surface area contributed by atoms with E-state index in [1.165, 1.54) is 0 Å². The average molecular weight is 226 g/mol. The molecule has 0 aromatic rings. The van der Waals surface area contributed by atoms with Crippen molar-refractivity contribution in [1.82, 2.24) is 0 Å². The molecule has 5 nitrogen and oxygen atoms in total. The van der Waals surface area contributed by atoms with Gasteiger partial charge in [0.1, 0.15) is 10.9 Å². The SMILES string of the molecule is O=C(O)CC(S)OC(S)CC(=O)O. The molecule has 0 bridgehead atoms. The number of ether oxygens (including phenoxy) is 1. The van der Waals surface area contributed by atoms with Crippen LogP contribution in [0.2, 0.25) is 0 Å². The van der Waals surface area contributed by atoms with Gasteiger partial charge in [-0.2, -0.15) is 0 Å². The molecule has 7 heteroatoms. The molecule has 2 atom stereocenters. The molecule has 0 spiro atoms. The Morgan fingerprint density at radius 3 is 1.62 bits per heavy atom. The van der Waals surface area contributed by atoms with Crippen LogP contribution in [-0.2, 0) is 14.3 Å². The van der Waals surface area contributed by atoms with Gasteiger partial charge in [-0.25, -0.2) is 0 Å². The van der Waals surface area contributed by atoms with E-state index in [2.05, 4.69) is 25.3 Å². The fourth-order valence-corrected chi connectivity index (χ4v) is 1.28. The first-order valence-electron chi connectivity index (χ1n) is 3.37. The van der Waals surface area contributed by atoms with Gasteiger partial charge in [-0.1, -0.05) is 0 Å². The second-order valence-corrected chi connectivity index (χ2v) is 3.39. The summed E-state index contributed by atoms with van der Waals surface area (Å²) in [4.78, 5) is 20.3. The van der Waals surface area contributed by atoms with Gasteiger partial charge in [0.2, 0.25) is 0 Å². The Morgan fingerprint density at radius 1 is 1.08 bits per heavy atom. The Balaban J connectivity index is 3.70. The van der Waals surface area contributed by atoms with E-state index in [0.717, 1.165) is 0 Å². The number of carbonyl (C=O) groups is 2. The molecule has 0 saturated carbocycles. The summed E-state index contributed by atoms with van der Waals surface area (Å²) in [5, 5.41) is 16.6. The predicted octanol–water partition coefficient (Wildman–Crippen LogP) is 0.464. The van der Waals surface area contributed by atoms with Crippen molar-refractivity contribution in [1.29, 1.82) is 0 Å². The van der Waals surface area contributed by atoms with Crippen LogP contribution in [0.5, 0.6) is 0 Å². The normalized spacial score (nSPS) is 14.9. The van der Waals surface area contributed by atoms with Crippen LogP contribution in [0, 0.1) is 0 Å². The minimum Gasteiger partial charge on any atom is -0.481 e. The first kappa shape index (κ1) is 12.6. The third-order valence-electron chi connectivity index (χ3n) is 1.01.